The van der Waals surface area contributed by atoms with Crippen molar-refractivity contribution in [2.45, 2.75) is 25.0 Å². The molecule has 0 amide bonds. The first-order valence-corrected chi connectivity index (χ1v) is 15.1. The Balaban J connectivity index is 1.57. The number of benzene rings is 4. The number of anilines is 1. The molecule has 0 bridgehead atoms. The number of methoxy groups -OCH3 is 2. The normalized spacial score (nSPS) is 12.9. The number of phenols is 1. The average molecular weight is 577 g/mol. The lowest BCUT2D eigenvalue weighted by atomic mass is 9.92. The molecule has 0 aliphatic carbocycles. The van der Waals surface area contributed by atoms with Crippen molar-refractivity contribution in [3.63, 3.8) is 0 Å². The molecule has 4 N–H and O–H groups in total. The second-order valence-electron chi connectivity index (χ2n) is 9.89. The third-order valence-corrected chi connectivity index (χ3v) is 7.35. The number of hydrogen-bond donors (Lipinski definition) is 4. The zero-order chi connectivity index (χ0) is 29.4. The summed E-state index contributed by atoms with van der Waals surface area (Å²) in [6, 6.07) is 28.7. The molecule has 0 saturated heterocycles. The van der Waals surface area contributed by atoms with Gasteiger partial charge in [0.15, 0.2) is 11.5 Å². The van der Waals surface area contributed by atoms with Crippen LogP contribution in [-0.2, 0) is 22.9 Å². The van der Waals surface area contributed by atoms with Gasteiger partial charge in [0.05, 0.1) is 32.3 Å². The van der Waals surface area contributed by atoms with Gasteiger partial charge in [-0.25, -0.2) is 8.42 Å². The van der Waals surface area contributed by atoms with Gasteiger partial charge in [0, 0.05) is 12.6 Å². The predicted octanol–water partition coefficient (Wildman–Crippen LogP) is 4.92. The van der Waals surface area contributed by atoms with Crippen molar-refractivity contribution in [2.24, 2.45) is 0 Å². The molecule has 0 aromatic heterocycles. The van der Waals surface area contributed by atoms with Gasteiger partial charge in [0.25, 0.3) is 0 Å². The van der Waals surface area contributed by atoms with Gasteiger partial charge in [-0.1, -0.05) is 66.7 Å². The number of phenolic OH excluding ortho intramolecular Hbond substituents is 1. The fraction of sp³-hybridized carbons (Fsp3) is 0.250. The smallest absolute Gasteiger partial charge is 0.229 e. The third-order valence-electron chi connectivity index (χ3n) is 6.76. The molecule has 0 unspecified atom stereocenters. The number of aliphatic hydroxyl groups excluding tert-OH is 1. The van der Waals surface area contributed by atoms with Crippen molar-refractivity contribution < 1.29 is 28.1 Å². The molecular formula is C32H36N2O6S. The van der Waals surface area contributed by atoms with Gasteiger partial charge in [0.2, 0.25) is 10.0 Å². The van der Waals surface area contributed by atoms with E-state index in [1.807, 2.05) is 48.5 Å². The Morgan fingerprint density at radius 2 is 1.54 bits per heavy atom. The van der Waals surface area contributed by atoms with Crippen LogP contribution in [0, 0.1) is 0 Å². The molecule has 9 heteroatoms. The Bertz CT molecular complexity index is 1560. The molecule has 216 valence electrons. The summed E-state index contributed by atoms with van der Waals surface area (Å²) in [7, 11) is -0.368. The van der Waals surface area contributed by atoms with E-state index in [4.69, 9.17) is 9.47 Å². The third kappa shape index (κ3) is 8.23. The van der Waals surface area contributed by atoms with Gasteiger partial charge in [-0.3, -0.25) is 4.72 Å². The van der Waals surface area contributed by atoms with E-state index >= 15 is 0 Å². The zero-order valence-electron chi connectivity index (χ0n) is 23.4. The fourth-order valence-corrected chi connectivity index (χ4v) is 5.37. The van der Waals surface area contributed by atoms with Crippen molar-refractivity contribution in [1.82, 2.24) is 5.32 Å². The number of nitrogens with one attached hydrogen (secondary N) is 2. The van der Waals surface area contributed by atoms with Gasteiger partial charge in [-0.15, -0.1) is 0 Å². The van der Waals surface area contributed by atoms with Crippen LogP contribution in [0.5, 0.6) is 17.2 Å². The van der Waals surface area contributed by atoms with Crippen molar-refractivity contribution >= 4 is 15.7 Å². The summed E-state index contributed by atoms with van der Waals surface area (Å²) in [4.78, 5) is 0. The van der Waals surface area contributed by atoms with Crippen LogP contribution in [0.4, 0.5) is 5.69 Å². The van der Waals surface area contributed by atoms with Crippen molar-refractivity contribution in [1.29, 1.82) is 0 Å². The van der Waals surface area contributed by atoms with Gasteiger partial charge in [0.1, 0.15) is 5.75 Å². The fourth-order valence-electron chi connectivity index (χ4n) is 4.81. The van der Waals surface area contributed by atoms with Crippen LogP contribution in [0.2, 0.25) is 0 Å². The van der Waals surface area contributed by atoms with Crippen molar-refractivity contribution in [3.05, 3.63) is 108 Å². The molecule has 0 radical (unpaired) electrons. The van der Waals surface area contributed by atoms with Crippen LogP contribution in [0.1, 0.15) is 22.7 Å². The summed E-state index contributed by atoms with van der Waals surface area (Å²) in [5, 5.41) is 24.5. The summed E-state index contributed by atoms with van der Waals surface area (Å²) in [6.07, 6.45) is 1.14. The number of ether oxygens (including phenoxy) is 2. The lowest BCUT2D eigenvalue weighted by Crippen LogP contribution is -2.33. The van der Waals surface area contributed by atoms with Crippen molar-refractivity contribution in [2.75, 3.05) is 31.7 Å². The number of aromatic hydroxyl groups is 1. The van der Waals surface area contributed by atoms with E-state index in [0.29, 0.717) is 23.5 Å². The molecule has 4 aromatic rings. The van der Waals surface area contributed by atoms with E-state index in [2.05, 4.69) is 34.3 Å². The first-order chi connectivity index (χ1) is 19.7. The topological polar surface area (TPSA) is 117 Å². The SMILES string of the molecule is COc1ccc([C@@H](Cc2ccccc2-c2ccccc2)NC[C@@H](O)Cc2ccc(O)c(NS(C)(=O)=O)c2)cc1OC. The Morgan fingerprint density at radius 1 is 0.829 bits per heavy atom. The molecule has 0 heterocycles. The minimum absolute atomic E-state index is 0.0749. The summed E-state index contributed by atoms with van der Waals surface area (Å²) < 4.78 is 36.6. The number of aliphatic hydroxyl groups is 1. The van der Waals surface area contributed by atoms with Gasteiger partial charge in [-0.05, 0) is 64.9 Å². The Hall–Kier alpha value is -4.05. The highest BCUT2D eigenvalue weighted by Gasteiger charge is 2.19. The van der Waals surface area contributed by atoms with Gasteiger partial charge < -0.3 is 25.0 Å². The van der Waals surface area contributed by atoms with Gasteiger partial charge >= 0.3 is 0 Å². The number of sulfonamides is 1. The van der Waals surface area contributed by atoms with E-state index in [0.717, 1.165) is 28.5 Å². The van der Waals surface area contributed by atoms with Crippen LogP contribution >= 0.6 is 0 Å². The van der Waals surface area contributed by atoms with Crippen LogP contribution in [0.25, 0.3) is 11.1 Å². The summed E-state index contributed by atoms with van der Waals surface area (Å²) in [6.45, 7) is 0.266. The second kappa shape index (κ2) is 13.5. The quantitative estimate of drug-likeness (QED) is 0.167. The standard InChI is InChI=1S/C32H36N2O6S/c1-39-31-16-14-25(20-32(31)40-2)28(19-24-11-7-8-12-27(24)23-9-5-4-6-10-23)33-21-26(35)17-22-13-15-30(36)29(18-22)34-41(3,37)38/h4-16,18,20,26,28,33-36H,17,19,21H2,1-3H3/t26-,28+/m0/s1. The highest BCUT2D eigenvalue weighted by molar-refractivity contribution is 7.92. The van der Waals surface area contributed by atoms with E-state index in [1.165, 1.54) is 12.1 Å². The average Bonchev–Trinajstić information content (AvgIpc) is 2.96. The number of rotatable bonds is 13. The minimum atomic E-state index is -3.57. The van der Waals surface area contributed by atoms with Crippen LogP contribution < -0.4 is 19.5 Å². The monoisotopic (exact) mass is 576 g/mol. The predicted molar refractivity (Wildman–Crippen MR) is 162 cm³/mol. The van der Waals surface area contributed by atoms with E-state index in [-0.39, 0.29) is 30.4 Å². The molecule has 0 fully saturated rings. The zero-order valence-corrected chi connectivity index (χ0v) is 24.2. The lowest BCUT2D eigenvalue weighted by Gasteiger charge is -2.24. The molecule has 0 aliphatic rings. The minimum Gasteiger partial charge on any atom is -0.506 e. The van der Waals surface area contributed by atoms with Crippen LogP contribution in [0.15, 0.2) is 91.0 Å². The van der Waals surface area contributed by atoms with E-state index < -0.39 is 16.1 Å². The largest absolute Gasteiger partial charge is 0.506 e. The first-order valence-electron chi connectivity index (χ1n) is 13.2. The number of hydrogen-bond acceptors (Lipinski definition) is 7. The highest BCUT2D eigenvalue weighted by Crippen LogP contribution is 2.33. The molecule has 0 spiro atoms. The Kier molecular flexibility index (Phi) is 9.88. The van der Waals surface area contributed by atoms with Crippen LogP contribution in [0.3, 0.4) is 0 Å². The molecule has 4 rings (SSSR count). The summed E-state index contributed by atoms with van der Waals surface area (Å²) in [5.41, 5.74) is 5.14. The summed E-state index contributed by atoms with van der Waals surface area (Å²) in [5.74, 6) is 1.06. The Labute approximate surface area is 241 Å². The first kappa shape index (κ1) is 29.9. The molecular weight excluding hydrogens is 540 g/mol. The molecule has 8 nitrogen and oxygen atoms in total. The molecule has 41 heavy (non-hydrogen) atoms. The summed E-state index contributed by atoms with van der Waals surface area (Å²) >= 11 is 0. The molecule has 0 aliphatic heterocycles. The van der Waals surface area contributed by atoms with Gasteiger partial charge in [-0.2, -0.15) is 0 Å². The molecule has 0 saturated carbocycles. The van der Waals surface area contributed by atoms with E-state index in [1.54, 1.807) is 20.3 Å². The van der Waals surface area contributed by atoms with Crippen molar-refractivity contribution in [3.8, 4) is 28.4 Å². The Morgan fingerprint density at radius 3 is 2.24 bits per heavy atom. The maximum absolute atomic E-state index is 11.7. The molecule has 4 aromatic carbocycles. The highest BCUT2D eigenvalue weighted by atomic mass is 32.2. The lowest BCUT2D eigenvalue weighted by molar-refractivity contribution is 0.167. The van der Waals surface area contributed by atoms with Crippen LogP contribution in [-0.4, -0.2) is 51.8 Å². The maximum atomic E-state index is 11.7. The molecule has 2 atom stereocenters. The van der Waals surface area contributed by atoms with E-state index in [9.17, 15) is 18.6 Å². The second-order valence-corrected chi connectivity index (χ2v) is 11.6. The maximum Gasteiger partial charge on any atom is 0.229 e.